The lowest BCUT2D eigenvalue weighted by molar-refractivity contribution is -0.870. The van der Waals surface area contributed by atoms with Crippen LogP contribution in [0.5, 0.6) is 0 Å². The number of hydrogen-bond acceptors (Lipinski definition) is 6. The van der Waals surface area contributed by atoms with Crippen LogP contribution in [-0.2, 0) is 27.9 Å². The summed E-state index contributed by atoms with van der Waals surface area (Å²) in [6.45, 7) is 6.92. The van der Waals surface area contributed by atoms with Gasteiger partial charge in [0.15, 0.2) is 0 Å². The van der Waals surface area contributed by atoms with Gasteiger partial charge in [0.25, 0.3) is 0 Å². The summed E-state index contributed by atoms with van der Waals surface area (Å²) < 4.78 is 30.7. The average molecular weight is 1120 g/mol. The Morgan fingerprint density at radius 1 is 0.443 bits per heavy atom. The van der Waals surface area contributed by atoms with Gasteiger partial charge in [0.1, 0.15) is 19.3 Å². The summed E-state index contributed by atoms with van der Waals surface area (Å²) >= 11 is 0. The molecule has 2 N–H and O–H groups in total. The highest BCUT2D eigenvalue weighted by atomic mass is 31.2. The number of nitrogens with one attached hydrogen (secondary N) is 1. The van der Waals surface area contributed by atoms with Crippen molar-refractivity contribution >= 4 is 19.7 Å². The molecule has 0 saturated heterocycles. The van der Waals surface area contributed by atoms with Crippen molar-refractivity contribution in [3.63, 3.8) is 0 Å². The molecule has 0 aromatic heterocycles. The van der Waals surface area contributed by atoms with E-state index in [1.54, 1.807) is 0 Å². The van der Waals surface area contributed by atoms with Crippen molar-refractivity contribution in [1.82, 2.24) is 5.32 Å². The molecule has 0 spiro atoms. The number of ether oxygens (including phenoxy) is 1. The van der Waals surface area contributed by atoms with E-state index in [-0.39, 0.29) is 37.9 Å². The van der Waals surface area contributed by atoms with Crippen LogP contribution in [-0.4, -0.2) is 74.3 Å². The summed E-state index contributed by atoms with van der Waals surface area (Å²) in [5.74, 6) is -0.575. The van der Waals surface area contributed by atoms with E-state index in [1.807, 2.05) is 33.3 Å². The number of carbonyl (C=O) groups excluding carboxylic acids is 2. The number of esters is 1. The zero-order valence-electron chi connectivity index (χ0n) is 52.1. The first-order valence-electron chi connectivity index (χ1n) is 32.6. The third kappa shape index (κ3) is 59.4. The minimum absolute atomic E-state index is 0.0256. The molecule has 79 heavy (non-hydrogen) atoms. The van der Waals surface area contributed by atoms with Gasteiger partial charge in [-0.3, -0.25) is 18.6 Å². The number of rotatable bonds is 58. The summed E-state index contributed by atoms with van der Waals surface area (Å²) in [5.41, 5.74) is 0. The van der Waals surface area contributed by atoms with Crippen molar-refractivity contribution in [2.24, 2.45) is 0 Å². The molecule has 0 aromatic rings. The van der Waals surface area contributed by atoms with Crippen molar-refractivity contribution < 1.29 is 37.3 Å². The Bertz CT molecular complexity index is 1670. The summed E-state index contributed by atoms with van der Waals surface area (Å²) in [5, 5.41) is 3.02. The smallest absolute Gasteiger partial charge is 0.456 e. The molecular weight excluding hydrogens is 1000 g/mol. The second-order valence-electron chi connectivity index (χ2n) is 22.9. The minimum Gasteiger partial charge on any atom is -0.456 e. The number of phosphoric ester groups is 1. The first kappa shape index (κ1) is 75.9. The standard InChI is InChI=1S/C69H123N2O7P/c1-7-10-13-16-19-22-25-28-30-32-33-34-35-36-37-39-41-44-47-50-53-56-59-62-69(73)78-67(60-57-54-51-48-45-42-27-24-21-18-15-12-9-3)66(65-77-79(74,75)76-64-63-71(4,5)6)70-68(72)61-58-55-52-49-46-43-40-38-31-29-26-23-20-17-14-11-8-2/h19-20,22-23,28-31,33-34,40,43,49,52,57,60,66-67H,7-18,21,24-27,32,35-39,41-42,44-48,50-51,53-56,58-59,61-65H2,1-6H3,(H-,70,72,74,75)/p+1/b22-19-,23-20-,30-28-,31-29-,34-33-,43-40-,52-49-,60-57-. The number of carbonyl (C=O) groups is 2. The molecule has 0 bridgehead atoms. The first-order valence-corrected chi connectivity index (χ1v) is 34.1. The van der Waals surface area contributed by atoms with Gasteiger partial charge in [-0.2, -0.15) is 0 Å². The fraction of sp³-hybridized carbons (Fsp3) is 0.739. The molecule has 0 fully saturated rings. The molecule has 0 rings (SSSR count). The van der Waals surface area contributed by atoms with Gasteiger partial charge in [0.2, 0.25) is 5.91 Å². The Balaban J connectivity index is 5.29. The van der Waals surface area contributed by atoms with Gasteiger partial charge in [-0.1, -0.05) is 253 Å². The highest BCUT2D eigenvalue weighted by Crippen LogP contribution is 2.43. The lowest BCUT2D eigenvalue weighted by Gasteiger charge is -2.27. The summed E-state index contributed by atoms with van der Waals surface area (Å²) in [4.78, 5) is 37.8. The summed E-state index contributed by atoms with van der Waals surface area (Å²) in [6, 6.07) is -0.884. The van der Waals surface area contributed by atoms with Crippen molar-refractivity contribution in [3.05, 3.63) is 97.2 Å². The van der Waals surface area contributed by atoms with Gasteiger partial charge in [-0.05, 0) is 109 Å². The maximum atomic E-state index is 13.5. The number of phosphoric acid groups is 1. The quantitative estimate of drug-likeness (QED) is 0.0205. The highest BCUT2D eigenvalue weighted by molar-refractivity contribution is 7.47. The van der Waals surface area contributed by atoms with Crippen LogP contribution in [0.2, 0.25) is 0 Å². The van der Waals surface area contributed by atoms with Gasteiger partial charge in [0.05, 0.1) is 33.8 Å². The van der Waals surface area contributed by atoms with Crippen LogP contribution in [0.3, 0.4) is 0 Å². The molecular formula is C69H124N2O7P+. The third-order valence-electron chi connectivity index (χ3n) is 14.0. The molecule has 0 heterocycles. The SMILES string of the molecule is CCCCC/C=C\C/C=C\C/C=C\C/C=C\CCCC(=O)NC(COP(=O)(O)OCC[N+](C)(C)C)C(/C=C\CCCCCCCCCCCCC)OC(=O)CCCCCCCCCCCC/C=C\C/C=C\C/C=C\CCCCC. The lowest BCUT2D eigenvalue weighted by atomic mass is 10.0. The molecule has 10 heteroatoms. The van der Waals surface area contributed by atoms with Crippen molar-refractivity contribution in [2.45, 2.75) is 290 Å². The Labute approximate surface area is 488 Å². The van der Waals surface area contributed by atoms with Gasteiger partial charge < -0.3 is 19.4 Å². The molecule has 0 saturated carbocycles. The molecule has 0 aromatic carbocycles. The van der Waals surface area contributed by atoms with E-state index >= 15 is 0 Å². The largest absolute Gasteiger partial charge is 0.472 e. The molecule has 3 unspecified atom stereocenters. The zero-order chi connectivity index (χ0) is 57.9. The van der Waals surface area contributed by atoms with Crippen LogP contribution >= 0.6 is 7.82 Å². The van der Waals surface area contributed by atoms with Crippen LogP contribution < -0.4 is 5.32 Å². The molecule has 1 amide bonds. The number of unbranched alkanes of at least 4 members (excludes halogenated alkanes) is 28. The minimum atomic E-state index is -4.47. The van der Waals surface area contributed by atoms with Gasteiger partial charge in [0, 0.05) is 12.8 Å². The zero-order valence-corrected chi connectivity index (χ0v) is 53.0. The molecule has 3 atom stereocenters. The molecule has 0 radical (unpaired) electrons. The van der Waals surface area contributed by atoms with Crippen molar-refractivity contribution in [1.29, 1.82) is 0 Å². The van der Waals surface area contributed by atoms with E-state index in [1.165, 1.54) is 148 Å². The number of hydrogen-bond donors (Lipinski definition) is 2. The van der Waals surface area contributed by atoms with E-state index in [0.717, 1.165) is 89.9 Å². The highest BCUT2D eigenvalue weighted by Gasteiger charge is 2.30. The van der Waals surface area contributed by atoms with Crippen LogP contribution in [0, 0.1) is 0 Å². The topological polar surface area (TPSA) is 111 Å². The fourth-order valence-corrected chi connectivity index (χ4v) is 9.68. The van der Waals surface area contributed by atoms with E-state index in [2.05, 4.69) is 111 Å². The predicted octanol–water partition coefficient (Wildman–Crippen LogP) is 20.3. The van der Waals surface area contributed by atoms with Crippen LogP contribution in [0.15, 0.2) is 97.2 Å². The van der Waals surface area contributed by atoms with Crippen LogP contribution in [0.4, 0.5) is 0 Å². The Morgan fingerprint density at radius 3 is 1.20 bits per heavy atom. The van der Waals surface area contributed by atoms with E-state index in [4.69, 9.17) is 13.8 Å². The van der Waals surface area contributed by atoms with Gasteiger partial charge in [-0.25, -0.2) is 4.57 Å². The molecule has 0 aliphatic carbocycles. The molecule has 0 aliphatic heterocycles. The van der Waals surface area contributed by atoms with E-state index in [0.29, 0.717) is 17.4 Å². The Hall–Kier alpha value is -3.07. The second kappa shape index (κ2) is 58.1. The van der Waals surface area contributed by atoms with Gasteiger partial charge in [-0.15, -0.1) is 0 Å². The normalized spacial score (nSPS) is 14.3. The number of likely N-dealkylation sites (N-methyl/N-ethyl adjacent to an activating group) is 1. The average Bonchev–Trinajstić information content (AvgIpc) is 3.41. The number of amides is 1. The number of quaternary nitrogens is 1. The Morgan fingerprint density at radius 2 is 0.785 bits per heavy atom. The molecule has 9 nitrogen and oxygen atoms in total. The van der Waals surface area contributed by atoms with Crippen molar-refractivity contribution in [2.75, 3.05) is 40.9 Å². The van der Waals surface area contributed by atoms with Gasteiger partial charge >= 0.3 is 13.8 Å². The third-order valence-corrected chi connectivity index (χ3v) is 15.0. The second-order valence-corrected chi connectivity index (χ2v) is 24.4. The number of nitrogens with zero attached hydrogens (tertiary/aromatic N) is 1. The van der Waals surface area contributed by atoms with E-state index < -0.39 is 20.0 Å². The lowest BCUT2D eigenvalue weighted by Crippen LogP contribution is -2.47. The maximum Gasteiger partial charge on any atom is 0.472 e. The predicted molar refractivity (Wildman–Crippen MR) is 341 cm³/mol. The van der Waals surface area contributed by atoms with Crippen molar-refractivity contribution in [3.8, 4) is 0 Å². The first-order chi connectivity index (χ1) is 38.4. The summed E-state index contributed by atoms with van der Waals surface area (Å²) in [7, 11) is 1.45. The Kier molecular flexibility index (Phi) is 55.9. The van der Waals surface area contributed by atoms with Crippen LogP contribution in [0.1, 0.15) is 278 Å². The number of allylic oxidation sites excluding steroid dienone is 15. The monoisotopic (exact) mass is 1120 g/mol. The van der Waals surface area contributed by atoms with E-state index in [9.17, 15) is 19.0 Å². The van der Waals surface area contributed by atoms with Crippen LogP contribution in [0.25, 0.3) is 0 Å². The maximum absolute atomic E-state index is 13.5. The summed E-state index contributed by atoms with van der Waals surface area (Å²) in [6.07, 6.45) is 78.4. The molecule has 456 valence electrons. The molecule has 0 aliphatic rings. The fourth-order valence-electron chi connectivity index (χ4n) is 8.94.